The van der Waals surface area contributed by atoms with E-state index < -0.39 is 5.97 Å². The Bertz CT molecular complexity index is 814. The van der Waals surface area contributed by atoms with E-state index in [1.165, 1.54) is 12.3 Å². The van der Waals surface area contributed by atoms with Crippen LogP contribution in [-0.2, 0) is 16.0 Å². The SMILES string of the molecule is COC1(C)CCN(C2=C(C#N)C(=O)Cc3cnc(C(=O)O)cc32)CC1. The number of aromatic nitrogens is 1. The molecule has 1 fully saturated rings. The average molecular weight is 341 g/mol. The number of hydrogen-bond donors (Lipinski definition) is 1. The van der Waals surface area contributed by atoms with Crippen molar-refractivity contribution in [1.29, 1.82) is 5.26 Å². The third-order valence-corrected chi connectivity index (χ3v) is 5.07. The number of ether oxygens (including phenoxy) is 1. The van der Waals surface area contributed by atoms with Gasteiger partial charge in [-0.3, -0.25) is 4.79 Å². The van der Waals surface area contributed by atoms with Gasteiger partial charge in [0.05, 0.1) is 11.3 Å². The van der Waals surface area contributed by atoms with Crippen molar-refractivity contribution in [1.82, 2.24) is 9.88 Å². The second-order valence-corrected chi connectivity index (χ2v) is 6.61. The van der Waals surface area contributed by atoms with Gasteiger partial charge in [-0.1, -0.05) is 0 Å². The molecule has 0 aromatic carbocycles. The van der Waals surface area contributed by atoms with Crippen LogP contribution in [-0.4, -0.2) is 52.5 Å². The van der Waals surface area contributed by atoms with Gasteiger partial charge in [-0.2, -0.15) is 5.26 Å². The fourth-order valence-electron chi connectivity index (χ4n) is 3.34. The first-order valence-corrected chi connectivity index (χ1v) is 8.09. The monoisotopic (exact) mass is 341 g/mol. The van der Waals surface area contributed by atoms with Gasteiger partial charge in [-0.15, -0.1) is 0 Å². The van der Waals surface area contributed by atoms with Crippen LogP contribution in [0.15, 0.2) is 17.8 Å². The summed E-state index contributed by atoms with van der Waals surface area (Å²) in [7, 11) is 1.68. The summed E-state index contributed by atoms with van der Waals surface area (Å²) in [5.74, 6) is -1.39. The molecule has 2 aliphatic rings. The third kappa shape index (κ3) is 3.01. The minimum atomic E-state index is -1.14. The Morgan fingerprint density at radius 2 is 2.12 bits per heavy atom. The summed E-state index contributed by atoms with van der Waals surface area (Å²) in [5, 5.41) is 18.7. The maximum absolute atomic E-state index is 12.4. The molecule has 0 amide bonds. The highest BCUT2D eigenvalue weighted by Gasteiger charge is 2.35. The Labute approximate surface area is 145 Å². The van der Waals surface area contributed by atoms with E-state index in [0.29, 0.717) is 29.9 Å². The molecule has 0 spiro atoms. The summed E-state index contributed by atoms with van der Waals surface area (Å²) in [5.41, 5.74) is 1.57. The van der Waals surface area contributed by atoms with Gasteiger partial charge in [0.25, 0.3) is 0 Å². The van der Waals surface area contributed by atoms with Gasteiger partial charge in [0.15, 0.2) is 5.78 Å². The number of rotatable bonds is 3. The van der Waals surface area contributed by atoms with E-state index >= 15 is 0 Å². The van der Waals surface area contributed by atoms with Crippen LogP contribution in [0, 0.1) is 11.3 Å². The van der Waals surface area contributed by atoms with Crippen molar-refractivity contribution in [3.8, 4) is 6.07 Å². The van der Waals surface area contributed by atoms with Gasteiger partial charge >= 0.3 is 5.97 Å². The number of carbonyl (C=O) groups is 2. The van der Waals surface area contributed by atoms with Crippen LogP contribution < -0.4 is 0 Å². The van der Waals surface area contributed by atoms with Crippen LogP contribution in [0.3, 0.4) is 0 Å². The number of hydrogen-bond acceptors (Lipinski definition) is 6. The van der Waals surface area contributed by atoms with E-state index in [1.54, 1.807) is 7.11 Å². The topological polar surface area (TPSA) is 104 Å². The average Bonchev–Trinajstić information content (AvgIpc) is 2.61. The highest BCUT2D eigenvalue weighted by Crippen LogP contribution is 2.36. The van der Waals surface area contributed by atoms with Crippen LogP contribution in [0.4, 0.5) is 0 Å². The van der Waals surface area contributed by atoms with E-state index in [9.17, 15) is 20.0 Å². The number of carboxylic acid groups (broad SMARTS) is 1. The molecule has 0 bridgehead atoms. The fourth-order valence-corrected chi connectivity index (χ4v) is 3.34. The second kappa shape index (κ2) is 6.30. The molecule has 1 N–H and O–H groups in total. The molecular formula is C18H19N3O4. The normalized spacial score (nSPS) is 19.4. The molecule has 1 aromatic heterocycles. The number of carbonyl (C=O) groups excluding carboxylic acids is 1. The van der Waals surface area contributed by atoms with Gasteiger partial charge < -0.3 is 14.7 Å². The lowest BCUT2D eigenvalue weighted by Gasteiger charge is -2.41. The molecule has 1 aliphatic carbocycles. The van der Waals surface area contributed by atoms with E-state index in [-0.39, 0.29) is 29.1 Å². The van der Waals surface area contributed by atoms with Gasteiger partial charge in [0.1, 0.15) is 17.3 Å². The Morgan fingerprint density at radius 3 is 2.68 bits per heavy atom. The number of pyridine rings is 1. The fraction of sp³-hybridized carbons (Fsp3) is 0.444. The van der Waals surface area contributed by atoms with Crippen molar-refractivity contribution in [2.45, 2.75) is 31.8 Å². The second-order valence-electron chi connectivity index (χ2n) is 6.61. The standard InChI is InChI=1S/C18H19N3O4/c1-18(25-2)3-5-21(6-4-18)16-12-8-14(17(23)24)20-10-11(12)7-15(22)13(16)9-19/h8,10H,3-7H2,1-2H3,(H,23,24). The molecule has 25 heavy (non-hydrogen) atoms. The summed E-state index contributed by atoms with van der Waals surface area (Å²) in [4.78, 5) is 29.5. The number of fused-ring (bicyclic) bond motifs is 1. The van der Waals surface area contributed by atoms with Crippen LogP contribution in [0.5, 0.6) is 0 Å². The minimum absolute atomic E-state index is 0.0677. The number of carboxylic acids is 1. The number of ketones is 1. The number of nitriles is 1. The zero-order valence-corrected chi connectivity index (χ0v) is 14.2. The van der Waals surface area contributed by atoms with Gasteiger partial charge in [-0.05, 0) is 31.4 Å². The van der Waals surface area contributed by atoms with Gasteiger partial charge in [-0.25, -0.2) is 9.78 Å². The van der Waals surface area contributed by atoms with Crippen molar-refractivity contribution < 1.29 is 19.4 Å². The van der Waals surface area contributed by atoms with E-state index in [1.807, 2.05) is 17.9 Å². The Morgan fingerprint density at radius 1 is 1.44 bits per heavy atom. The van der Waals surface area contributed by atoms with Crippen molar-refractivity contribution in [3.05, 3.63) is 34.7 Å². The summed E-state index contributed by atoms with van der Waals surface area (Å²) in [6.07, 6.45) is 3.00. The van der Waals surface area contributed by atoms with Crippen molar-refractivity contribution in [2.75, 3.05) is 20.2 Å². The van der Waals surface area contributed by atoms with Crippen molar-refractivity contribution in [2.24, 2.45) is 0 Å². The number of allylic oxidation sites excluding steroid dienone is 1. The lowest BCUT2D eigenvalue weighted by atomic mass is 9.86. The Balaban J connectivity index is 2.07. The lowest BCUT2D eigenvalue weighted by molar-refractivity contribution is -0.114. The molecule has 2 heterocycles. The molecule has 0 radical (unpaired) electrons. The molecule has 3 rings (SSSR count). The Kier molecular flexibility index (Phi) is 4.31. The van der Waals surface area contributed by atoms with Gasteiger partial charge in [0, 0.05) is 38.4 Å². The molecule has 0 unspecified atom stereocenters. The lowest BCUT2D eigenvalue weighted by Crippen LogP contribution is -2.43. The largest absolute Gasteiger partial charge is 0.477 e. The summed E-state index contributed by atoms with van der Waals surface area (Å²) in [6.45, 7) is 3.29. The summed E-state index contributed by atoms with van der Waals surface area (Å²) >= 11 is 0. The molecule has 1 aromatic rings. The highest BCUT2D eigenvalue weighted by molar-refractivity contribution is 6.10. The van der Waals surface area contributed by atoms with E-state index in [0.717, 1.165) is 12.8 Å². The first-order valence-electron chi connectivity index (χ1n) is 8.09. The van der Waals surface area contributed by atoms with Crippen molar-refractivity contribution in [3.63, 3.8) is 0 Å². The number of methoxy groups -OCH3 is 1. The van der Waals surface area contributed by atoms with E-state index in [4.69, 9.17) is 4.74 Å². The van der Waals surface area contributed by atoms with Crippen LogP contribution in [0.1, 0.15) is 41.4 Å². The van der Waals surface area contributed by atoms with Crippen LogP contribution in [0.2, 0.25) is 0 Å². The molecule has 1 aliphatic heterocycles. The maximum Gasteiger partial charge on any atom is 0.354 e. The molecule has 130 valence electrons. The third-order valence-electron chi connectivity index (χ3n) is 5.07. The number of piperidine rings is 1. The van der Waals surface area contributed by atoms with Crippen molar-refractivity contribution >= 4 is 17.4 Å². The first-order chi connectivity index (χ1) is 11.9. The smallest absolute Gasteiger partial charge is 0.354 e. The first kappa shape index (κ1) is 17.1. The summed E-state index contributed by atoms with van der Waals surface area (Å²) in [6, 6.07) is 3.47. The molecule has 7 heteroatoms. The Hall–Kier alpha value is -2.72. The maximum atomic E-state index is 12.4. The summed E-state index contributed by atoms with van der Waals surface area (Å²) < 4.78 is 5.55. The predicted octanol–water partition coefficient (Wildman–Crippen LogP) is 1.64. The van der Waals surface area contributed by atoms with Crippen LogP contribution in [0.25, 0.3) is 5.70 Å². The number of likely N-dealkylation sites (tertiary alicyclic amines) is 1. The highest BCUT2D eigenvalue weighted by atomic mass is 16.5. The van der Waals surface area contributed by atoms with E-state index in [2.05, 4.69) is 4.98 Å². The zero-order chi connectivity index (χ0) is 18.2. The van der Waals surface area contributed by atoms with Crippen LogP contribution >= 0.6 is 0 Å². The molecule has 1 saturated heterocycles. The molecular weight excluding hydrogens is 322 g/mol. The van der Waals surface area contributed by atoms with Gasteiger partial charge in [0.2, 0.25) is 0 Å². The zero-order valence-electron chi connectivity index (χ0n) is 14.2. The molecule has 7 nitrogen and oxygen atoms in total. The molecule has 0 atom stereocenters. The quantitative estimate of drug-likeness (QED) is 0.891. The number of nitrogens with zero attached hydrogens (tertiary/aromatic N) is 3. The predicted molar refractivity (Wildman–Crippen MR) is 88.7 cm³/mol. The molecule has 0 saturated carbocycles. The number of aromatic carboxylic acids is 1. The minimum Gasteiger partial charge on any atom is -0.477 e. The number of Topliss-reactive ketones (excluding diaryl/α,β-unsaturated/α-hetero) is 1.